The normalized spacial score (nSPS) is 25.2. The van der Waals surface area contributed by atoms with E-state index in [4.69, 9.17) is 0 Å². The van der Waals surface area contributed by atoms with Crippen molar-refractivity contribution in [2.45, 2.75) is 31.6 Å². The highest BCUT2D eigenvalue weighted by molar-refractivity contribution is 5.34. The predicted octanol–water partition coefficient (Wildman–Crippen LogP) is 2.25. The van der Waals surface area contributed by atoms with Gasteiger partial charge in [-0.3, -0.25) is 0 Å². The van der Waals surface area contributed by atoms with Gasteiger partial charge in [0.2, 0.25) is 0 Å². The Labute approximate surface area is 94.3 Å². The molecule has 0 aromatic carbocycles. The number of nitrogens with zero attached hydrogens (tertiary/aromatic N) is 3. The van der Waals surface area contributed by atoms with Crippen LogP contribution in [-0.4, -0.2) is 15.1 Å². The van der Waals surface area contributed by atoms with E-state index in [1.54, 1.807) is 12.4 Å². The average Bonchev–Trinajstić information content (AvgIpc) is 2.34. The number of aliphatic hydroxyl groups is 1. The summed E-state index contributed by atoms with van der Waals surface area (Å²) in [5, 5.41) is 19.0. The molecule has 1 aliphatic rings. The third-order valence-electron chi connectivity index (χ3n) is 3.18. The van der Waals surface area contributed by atoms with Crippen molar-refractivity contribution in [3.05, 3.63) is 35.6 Å². The summed E-state index contributed by atoms with van der Waals surface area (Å²) < 4.78 is 0. The van der Waals surface area contributed by atoms with Gasteiger partial charge in [-0.05, 0) is 25.3 Å². The van der Waals surface area contributed by atoms with Gasteiger partial charge in [0.1, 0.15) is 6.33 Å². The van der Waals surface area contributed by atoms with Crippen molar-refractivity contribution in [2.75, 3.05) is 0 Å². The predicted molar refractivity (Wildman–Crippen MR) is 58.5 cm³/mol. The zero-order chi connectivity index (χ0) is 11.6. The summed E-state index contributed by atoms with van der Waals surface area (Å²) in [5.41, 5.74) is 1.15. The number of aromatic nitrogens is 2. The lowest BCUT2D eigenvalue weighted by atomic mass is 9.71. The maximum absolute atomic E-state index is 9.59. The molecule has 2 rings (SSSR count). The highest BCUT2D eigenvalue weighted by Gasteiger charge is 2.36. The number of nitriles is 1. The molecule has 0 saturated heterocycles. The molecule has 1 unspecified atom stereocenters. The van der Waals surface area contributed by atoms with E-state index >= 15 is 0 Å². The van der Waals surface area contributed by atoms with Crippen molar-refractivity contribution in [1.82, 2.24) is 9.97 Å². The van der Waals surface area contributed by atoms with Crippen molar-refractivity contribution in [2.24, 2.45) is 0 Å². The maximum Gasteiger partial charge on any atom is 0.115 e. The molecule has 1 heterocycles. The van der Waals surface area contributed by atoms with Crippen LogP contribution in [0.4, 0.5) is 0 Å². The molecule has 0 radical (unpaired) electrons. The molecule has 0 aliphatic heterocycles. The average molecular weight is 215 g/mol. The molecule has 82 valence electrons. The third kappa shape index (κ3) is 1.65. The molecule has 4 heteroatoms. The van der Waals surface area contributed by atoms with Crippen molar-refractivity contribution in [3.63, 3.8) is 0 Å². The Balaban J connectivity index is 2.41. The first-order valence-electron chi connectivity index (χ1n) is 5.22. The van der Waals surface area contributed by atoms with Crippen LogP contribution in [0.15, 0.2) is 30.1 Å². The van der Waals surface area contributed by atoms with E-state index in [1.165, 1.54) is 6.33 Å². The Morgan fingerprint density at radius 3 is 2.69 bits per heavy atom. The molecular formula is C12H13N3O. The Hall–Kier alpha value is -1.89. The van der Waals surface area contributed by atoms with E-state index in [1.807, 2.05) is 6.92 Å². The van der Waals surface area contributed by atoms with Gasteiger partial charge in [-0.1, -0.05) is 0 Å². The number of hydrogen-bond acceptors (Lipinski definition) is 4. The molecule has 0 amide bonds. The minimum atomic E-state index is -0.572. The monoisotopic (exact) mass is 215 g/mol. The molecule has 1 aromatic rings. The fourth-order valence-corrected chi connectivity index (χ4v) is 2.14. The summed E-state index contributed by atoms with van der Waals surface area (Å²) in [5.74, 6) is 0.419. The van der Waals surface area contributed by atoms with E-state index in [-0.39, 0.29) is 0 Å². The molecule has 4 nitrogen and oxygen atoms in total. The van der Waals surface area contributed by atoms with Gasteiger partial charge in [-0.2, -0.15) is 5.26 Å². The van der Waals surface area contributed by atoms with Crippen molar-refractivity contribution in [3.8, 4) is 6.07 Å². The number of rotatable bonds is 1. The first-order valence-corrected chi connectivity index (χ1v) is 5.22. The Bertz CT molecular complexity index is 461. The van der Waals surface area contributed by atoms with Gasteiger partial charge >= 0.3 is 0 Å². The lowest BCUT2D eigenvalue weighted by Crippen LogP contribution is -2.28. The first-order chi connectivity index (χ1) is 7.68. The summed E-state index contributed by atoms with van der Waals surface area (Å²) in [6, 6.07) is 2.36. The van der Waals surface area contributed by atoms with Gasteiger partial charge in [-0.15, -0.1) is 0 Å². The summed E-state index contributed by atoms with van der Waals surface area (Å²) >= 11 is 0. The van der Waals surface area contributed by atoms with Gasteiger partial charge in [0, 0.05) is 24.4 Å². The van der Waals surface area contributed by atoms with Crippen LogP contribution < -0.4 is 0 Å². The summed E-state index contributed by atoms with van der Waals surface area (Å²) in [4.78, 5) is 7.91. The second-order valence-electron chi connectivity index (χ2n) is 4.22. The summed E-state index contributed by atoms with van der Waals surface area (Å²) in [6.07, 6.45) is 6.56. The van der Waals surface area contributed by atoms with Crippen LogP contribution in [0.3, 0.4) is 0 Å². The SMILES string of the molecule is CC1=C(O)CCC(C#N)(c2cncnc2)C1. The molecule has 1 atom stereocenters. The van der Waals surface area contributed by atoms with Gasteiger partial charge in [0.25, 0.3) is 0 Å². The zero-order valence-corrected chi connectivity index (χ0v) is 9.14. The van der Waals surface area contributed by atoms with Gasteiger partial charge in [0.15, 0.2) is 0 Å². The van der Waals surface area contributed by atoms with Gasteiger partial charge in [-0.25, -0.2) is 9.97 Å². The fourth-order valence-electron chi connectivity index (χ4n) is 2.14. The maximum atomic E-state index is 9.59. The topological polar surface area (TPSA) is 69.8 Å². The number of aliphatic hydroxyl groups excluding tert-OH is 1. The van der Waals surface area contributed by atoms with Crippen LogP contribution in [-0.2, 0) is 5.41 Å². The molecule has 0 saturated carbocycles. The lowest BCUT2D eigenvalue weighted by Gasteiger charge is -2.31. The van der Waals surface area contributed by atoms with Gasteiger partial charge < -0.3 is 5.11 Å². The quantitative estimate of drug-likeness (QED) is 0.780. The molecule has 1 aromatic heterocycles. The Morgan fingerprint density at radius 1 is 1.44 bits per heavy atom. The van der Waals surface area contributed by atoms with E-state index < -0.39 is 5.41 Å². The van der Waals surface area contributed by atoms with Crippen LogP contribution >= 0.6 is 0 Å². The number of allylic oxidation sites excluding steroid dienone is 2. The Morgan fingerprint density at radius 2 is 2.12 bits per heavy atom. The number of hydrogen-bond donors (Lipinski definition) is 1. The smallest absolute Gasteiger partial charge is 0.115 e. The molecule has 0 spiro atoms. The van der Waals surface area contributed by atoms with Crippen LogP contribution in [0, 0.1) is 11.3 Å². The Kier molecular flexibility index (Phi) is 2.61. The summed E-state index contributed by atoms with van der Waals surface area (Å²) in [6.45, 7) is 1.87. The molecule has 0 bridgehead atoms. The van der Waals surface area contributed by atoms with Gasteiger partial charge in [0.05, 0.1) is 17.2 Å². The third-order valence-corrected chi connectivity index (χ3v) is 3.18. The standard InChI is InChI=1S/C12H13N3O/c1-9-4-12(7-13,3-2-11(9)16)10-5-14-8-15-6-10/h5-6,8,16H,2-4H2,1H3. The minimum Gasteiger partial charge on any atom is -0.512 e. The minimum absolute atomic E-state index is 0.419. The molecule has 0 fully saturated rings. The van der Waals surface area contributed by atoms with Crippen LogP contribution in [0.5, 0.6) is 0 Å². The second kappa shape index (κ2) is 3.93. The fraction of sp³-hybridized carbons (Fsp3) is 0.417. The second-order valence-corrected chi connectivity index (χ2v) is 4.22. The summed E-state index contributed by atoms with van der Waals surface area (Å²) in [7, 11) is 0. The molecule has 1 aliphatic carbocycles. The lowest BCUT2D eigenvalue weighted by molar-refractivity contribution is 0.326. The molecule has 1 N–H and O–H groups in total. The molecular weight excluding hydrogens is 202 g/mol. The van der Waals surface area contributed by atoms with Crippen molar-refractivity contribution >= 4 is 0 Å². The molecule has 16 heavy (non-hydrogen) atoms. The van der Waals surface area contributed by atoms with E-state index in [2.05, 4.69) is 16.0 Å². The largest absolute Gasteiger partial charge is 0.512 e. The van der Waals surface area contributed by atoms with Crippen molar-refractivity contribution < 1.29 is 5.11 Å². The van der Waals surface area contributed by atoms with E-state index in [0.29, 0.717) is 25.0 Å². The highest BCUT2D eigenvalue weighted by Crippen LogP contribution is 2.40. The van der Waals surface area contributed by atoms with Crippen LogP contribution in [0.25, 0.3) is 0 Å². The first kappa shape index (κ1) is 10.6. The highest BCUT2D eigenvalue weighted by atomic mass is 16.3. The van der Waals surface area contributed by atoms with Crippen molar-refractivity contribution in [1.29, 1.82) is 5.26 Å². The zero-order valence-electron chi connectivity index (χ0n) is 9.14. The van der Waals surface area contributed by atoms with Crippen LogP contribution in [0.2, 0.25) is 0 Å². The van der Waals surface area contributed by atoms with Crippen LogP contribution in [0.1, 0.15) is 31.7 Å². The van der Waals surface area contributed by atoms with E-state index in [9.17, 15) is 10.4 Å². The van der Waals surface area contributed by atoms with E-state index in [0.717, 1.165) is 11.1 Å².